The van der Waals surface area contributed by atoms with Crippen LogP contribution in [0.4, 0.5) is 0 Å². The molecular formula is C12H15NO2. The van der Waals surface area contributed by atoms with E-state index >= 15 is 0 Å². The number of carboxylic acids is 1. The molecule has 1 aliphatic carbocycles. The first kappa shape index (κ1) is 10.2. The first-order valence-corrected chi connectivity index (χ1v) is 5.15. The number of hydrogen-bond acceptors (Lipinski definition) is 2. The maximum absolute atomic E-state index is 11.3. The second kappa shape index (κ2) is 3.66. The van der Waals surface area contributed by atoms with Gasteiger partial charge in [-0.15, -0.1) is 0 Å². The predicted octanol–water partition coefficient (Wildman–Crippen LogP) is 1.25. The molecule has 0 saturated heterocycles. The highest BCUT2D eigenvalue weighted by Crippen LogP contribution is 2.54. The number of benzene rings is 1. The van der Waals surface area contributed by atoms with Gasteiger partial charge in [-0.05, 0) is 31.5 Å². The molecule has 0 aliphatic heterocycles. The quantitative estimate of drug-likeness (QED) is 0.777. The third-order valence-electron chi connectivity index (χ3n) is 3.23. The maximum atomic E-state index is 11.3. The molecule has 0 spiro atoms. The van der Waals surface area contributed by atoms with Gasteiger partial charge in [-0.3, -0.25) is 4.79 Å². The largest absolute Gasteiger partial charge is 0.481 e. The highest BCUT2D eigenvalue weighted by Gasteiger charge is 2.60. The molecule has 80 valence electrons. The van der Waals surface area contributed by atoms with Crippen LogP contribution < -0.4 is 5.32 Å². The van der Waals surface area contributed by atoms with Gasteiger partial charge < -0.3 is 10.4 Å². The molecule has 0 aromatic heterocycles. The van der Waals surface area contributed by atoms with Crippen molar-refractivity contribution in [3.05, 3.63) is 35.9 Å². The number of carbonyl (C=O) groups is 1. The Bertz CT molecular complexity index is 363. The van der Waals surface area contributed by atoms with Crippen molar-refractivity contribution in [3.63, 3.8) is 0 Å². The first-order valence-electron chi connectivity index (χ1n) is 5.15. The normalized spacial score (nSPS) is 28.7. The van der Waals surface area contributed by atoms with Gasteiger partial charge in [0, 0.05) is 0 Å². The van der Waals surface area contributed by atoms with Crippen molar-refractivity contribution in [2.45, 2.75) is 11.8 Å². The molecule has 3 nitrogen and oxygen atoms in total. The Morgan fingerprint density at radius 3 is 2.73 bits per heavy atom. The Hall–Kier alpha value is -1.35. The minimum Gasteiger partial charge on any atom is -0.481 e. The Morgan fingerprint density at radius 2 is 2.20 bits per heavy atom. The van der Waals surface area contributed by atoms with Crippen molar-refractivity contribution in [3.8, 4) is 0 Å². The van der Waals surface area contributed by atoms with Crippen LogP contribution in [0.3, 0.4) is 0 Å². The summed E-state index contributed by atoms with van der Waals surface area (Å²) < 4.78 is 0. The van der Waals surface area contributed by atoms with E-state index < -0.39 is 11.4 Å². The third-order valence-corrected chi connectivity index (χ3v) is 3.23. The Morgan fingerprint density at radius 1 is 1.53 bits per heavy atom. The number of nitrogens with one attached hydrogen (secondary N) is 1. The van der Waals surface area contributed by atoms with E-state index in [0.29, 0.717) is 0 Å². The summed E-state index contributed by atoms with van der Waals surface area (Å²) >= 11 is 0. The lowest BCUT2D eigenvalue weighted by atomic mass is 9.93. The fourth-order valence-electron chi connectivity index (χ4n) is 2.30. The molecule has 1 saturated carbocycles. The van der Waals surface area contributed by atoms with Gasteiger partial charge in [-0.1, -0.05) is 30.3 Å². The summed E-state index contributed by atoms with van der Waals surface area (Å²) in [4.78, 5) is 11.3. The summed E-state index contributed by atoms with van der Waals surface area (Å²) in [5.41, 5.74) is 0.294. The third kappa shape index (κ3) is 1.53. The number of hydrogen-bond donors (Lipinski definition) is 2. The molecule has 0 amide bonds. The monoisotopic (exact) mass is 205 g/mol. The molecular weight excluding hydrogens is 190 g/mol. The highest BCUT2D eigenvalue weighted by molar-refractivity contribution is 5.85. The minimum absolute atomic E-state index is 0.224. The molecule has 0 heterocycles. The minimum atomic E-state index is -0.700. The zero-order valence-corrected chi connectivity index (χ0v) is 8.73. The smallest absolute Gasteiger partial charge is 0.314 e. The van der Waals surface area contributed by atoms with Crippen LogP contribution in [-0.4, -0.2) is 24.7 Å². The lowest BCUT2D eigenvalue weighted by Gasteiger charge is -2.12. The summed E-state index contributed by atoms with van der Waals surface area (Å²) in [7, 11) is 1.86. The summed E-state index contributed by atoms with van der Waals surface area (Å²) in [5.74, 6) is -0.476. The topological polar surface area (TPSA) is 49.3 Å². The van der Waals surface area contributed by atoms with Gasteiger partial charge >= 0.3 is 5.97 Å². The van der Waals surface area contributed by atoms with Crippen molar-refractivity contribution in [2.24, 2.45) is 5.92 Å². The SMILES string of the molecule is CNCC1C[C@@]1(C(=O)O)c1ccccc1. The summed E-state index contributed by atoms with van der Waals surface area (Å²) in [6.45, 7) is 0.765. The van der Waals surface area contributed by atoms with E-state index in [0.717, 1.165) is 18.5 Å². The predicted molar refractivity (Wildman–Crippen MR) is 57.8 cm³/mol. The van der Waals surface area contributed by atoms with E-state index in [9.17, 15) is 9.90 Å². The van der Waals surface area contributed by atoms with Crippen LogP contribution in [-0.2, 0) is 10.2 Å². The standard InChI is InChI=1S/C12H15NO2/c1-13-8-10-7-12(10,11(14)15)9-5-3-2-4-6-9/h2-6,10,13H,7-8H2,1H3,(H,14,15)/t10?,12-/m1/s1. The van der Waals surface area contributed by atoms with Crippen molar-refractivity contribution in [1.29, 1.82) is 0 Å². The maximum Gasteiger partial charge on any atom is 0.314 e. The second-order valence-electron chi connectivity index (χ2n) is 4.10. The van der Waals surface area contributed by atoms with Crippen molar-refractivity contribution >= 4 is 5.97 Å². The molecule has 2 atom stereocenters. The van der Waals surface area contributed by atoms with Gasteiger partial charge in [0.25, 0.3) is 0 Å². The molecule has 15 heavy (non-hydrogen) atoms. The van der Waals surface area contributed by atoms with E-state index in [1.165, 1.54) is 0 Å². The van der Waals surface area contributed by atoms with Crippen LogP contribution in [0.5, 0.6) is 0 Å². The second-order valence-corrected chi connectivity index (χ2v) is 4.10. The Labute approximate surface area is 89.1 Å². The molecule has 3 heteroatoms. The average Bonchev–Trinajstić information content (AvgIpc) is 2.96. The molecule has 1 fully saturated rings. The van der Waals surface area contributed by atoms with E-state index in [4.69, 9.17) is 0 Å². The summed E-state index contributed by atoms with van der Waals surface area (Å²) in [5, 5.41) is 12.4. The lowest BCUT2D eigenvalue weighted by molar-refractivity contribution is -0.140. The van der Waals surface area contributed by atoms with Crippen LogP contribution in [0.1, 0.15) is 12.0 Å². The van der Waals surface area contributed by atoms with Crippen LogP contribution in [0, 0.1) is 5.92 Å². The van der Waals surface area contributed by atoms with Gasteiger partial charge in [-0.25, -0.2) is 0 Å². The van der Waals surface area contributed by atoms with Gasteiger partial charge in [0.05, 0.1) is 5.41 Å². The van der Waals surface area contributed by atoms with Crippen LogP contribution >= 0.6 is 0 Å². The van der Waals surface area contributed by atoms with Gasteiger partial charge in [-0.2, -0.15) is 0 Å². The van der Waals surface area contributed by atoms with Crippen LogP contribution in [0.2, 0.25) is 0 Å². The summed E-state index contributed by atoms with van der Waals surface area (Å²) in [6, 6.07) is 9.52. The van der Waals surface area contributed by atoms with Crippen LogP contribution in [0.15, 0.2) is 30.3 Å². The average molecular weight is 205 g/mol. The lowest BCUT2D eigenvalue weighted by Crippen LogP contribution is -2.26. The van der Waals surface area contributed by atoms with Crippen molar-refractivity contribution in [1.82, 2.24) is 5.32 Å². The molecule has 2 rings (SSSR count). The van der Waals surface area contributed by atoms with E-state index in [-0.39, 0.29) is 5.92 Å². The number of rotatable bonds is 4. The van der Waals surface area contributed by atoms with Gasteiger partial charge in [0.15, 0.2) is 0 Å². The zero-order valence-electron chi connectivity index (χ0n) is 8.73. The molecule has 1 aromatic rings. The summed E-state index contributed by atoms with van der Waals surface area (Å²) in [6.07, 6.45) is 0.743. The Kier molecular flexibility index (Phi) is 2.49. The molecule has 1 unspecified atom stereocenters. The fourth-order valence-corrected chi connectivity index (χ4v) is 2.30. The number of aliphatic carboxylic acids is 1. The van der Waals surface area contributed by atoms with Gasteiger partial charge in [0.2, 0.25) is 0 Å². The number of carboxylic acid groups (broad SMARTS) is 1. The van der Waals surface area contributed by atoms with E-state index in [1.54, 1.807) is 0 Å². The van der Waals surface area contributed by atoms with Gasteiger partial charge in [0.1, 0.15) is 0 Å². The Balaban J connectivity index is 2.28. The van der Waals surface area contributed by atoms with Crippen LogP contribution in [0.25, 0.3) is 0 Å². The van der Waals surface area contributed by atoms with Crippen molar-refractivity contribution < 1.29 is 9.90 Å². The molecule has 1 aromatic carbocycles. The van der Waals surface area contributed by atoms with E-state index in [1.807, 2.05) is 37.4 Å². The van der Waals surface area contributed by atoms with E-state index in [2.05, 4.69) is 5.32 Å². The highest BCUT2D eigenvalue weighted by atomic mass is 16.4. The van der Waals surface area contributed by atoms with Crippen molar-refractivity contribution in [2.75, 3.05) is 13.6 Å². The molecule has 0 radical (unpaired) electrons. The zero-order chi connectivity index (χ0) is 10.9. The molecule has 0 bridgehead atoms. The fraction of sp³-hybridized carbons (Fsp3) is 0.417. The molecule has 2 N–H and O–H groups in total. The first-order chi connectivity index (χ1) is 7.21. The molecule has 1 aliphatic rings.